The smallest absolute Gasteiger partial charge is 0.255 e. The highest BCUT2D eigenvalue weighted by Gasteiger charge is 2.27. The Balaban J connectivity index is 1.45. The van der Waals surface area contributed by atoms with Gasteiger partial charge in [0.1, 0.15) is 24.2 Å². The summed E-state index contributed by atoms with van der Waals surface area (Å²) in [5.74, 6) is 0.703. The van der Waals surface area contributed by atoms with E-state index in [-0.39, 0.29) is 23.7 Å². The summed E-state index contributed by atoms with van der Waals surface area (Å²) in [6.45, 7) is 1.20. The van der Waals surface area contributed by atoms with Gasteiger partial charge in [-0.2, -0.15) is 9.40 Å². The Labute approximate surface area is 208 Å². The molecule has 1 aliphatic rings. The SMILES string of the molecule is O=C(Nc1cc(S(=O)(=O)N2CCOCC2)ccc1-n1cncn1)c1cccc(Oc2ccccc2)c1. The number of hydrogen-bond acceptors (Lipinski definition) is 7. The molecule has 0 atom stereocenters. The number of benzene rings is 3. The number of rotatable bonds is 7. The van der Waals surface area contributed by atoms with Crippen molar-refractivity contribution in [2.75, 3.05) is 31.6 Å². The van der Waals surface area contributed by atoms with Gasteiger partial charge < -0.3 is 14.8 Å². The van der Waals surface area contributed by atoms with E-state index in [0.717, 1.165) is 0 Å². The van der Waals surface area contributed by atoms with Crippen LogP contribution in [-0.4, -0.2) is 59.7 Å². The number of nitrogens with one attached hydrogen (secondary N) is 1. The predicted molar refractivity (Wildman–Crippen MR) is 132 cm³/mol. The van der Waals surface area contributed by atoms with Gasteiger partial charge in [0.25, 0.3) is 5.91 Å². The number of nitrogens with zero attached hydrogens (tertiary/aromatic N) is 4. The monoisotopic (exact) mass is 505 g/mol. The van der Waals surface area contributed by atoms with Crippen LogP contribution in [0.4, 0.5) is 5.69 Å². The second-order valence-corrected chi connectivity index (χ2v) is 9.87. The molecule has 0 aliphatic carbocycles. The highest BCUT2D eigenvalue weighted by Crippen LogP contribution is 2.28. The molecule has 1 fully saturated rings. The molecule has 4 aromatic rings. The quantitative estimate of drug-likeness (QED) is 0.410. The lowest BCUT2D eigenvalue weighted by atomic mass is 10.2. The molecule has 0 unspecified atom stereocenters. The van der Waals surface area contributed by atoms with Gasteiger partial charge in [0, 0.05) is 18.7 Å². The molecule has 0 radical (unpaired) electrons. The first-order chi connectivity index (χ1) is 17.5. The number of carbonyl (C=O) groups excluding carboxylic acids is 1. The van der Waals surface area contributed by atoms with Crippen LogP contribution in [0.5, 0.6) is 11.5 Å². The summed E-state index contributed by atoms with van der Waals surface area (Å²) in [5.41, 5.74) is 1.09. The molecule has 1 saturated heterocycles. The molecule has 10 nitrogen and oxygen atoms in total. The van der Waals surface area contributed by atoms with Crippen molar-refractivity contribution in [2.24, 2.45) is 0 Å². The lowest BCUT2D eigenvalue weighted by Gasteiger charge is -2.26. The molecule has 1 aromatic heterocycles. The maximum absolute atomic E-state index is 13.2. The fraction of sp³-hybridized carbons (Fsp3) is 0.160. The van der Waals surface area contributed by atoms with Crippen LogP contribution < -0.4 is 10.1 Å². The average molecular weight is 506 g/mol. The topological polar surface area (TPSA) is 116 Å². The Bertz CT molecular complexity index is 1450. The number of aromatic nitrogens is 3. The number of morpholine rings is 1. The number of anilines is 1. The van der Waals surface area contributed by atoms with Crippen LogP contribution >= 0.6 is 0 Å². The largest absolute Gasteiger partial charge is 0.457 e. The molecule has 184 valence electrons. The molecular formula is C25H23N5O5S. The summed E-state index contributed by atoms with van der Waals surface area (Å²) in [6, 6.07) is 20.5. The first kappa shape index (κ1) is 23.7. The minimum absolute atomic E-state index is 0.0599. The van der Waals surface area contributed by atoms with Crippen molar-refractivity contribution in [3.05, 3.63) is 91.0 Å². The number of ether oxygens (including phenoxy) is 2. The van der Waals surface area contributed by atoms with Crippen LogP contribution in [0.25, 0.3) is 5.69 Å². The van der Waals surface area contributed by atoms with Gasteiger partial charge in [-0.05, 0) is 48.5 Å². The van der Waals surface area contributed by atoms with Crippen LogP contribution in [0.3, 0.4) is 0 Å². The van der Waals surface area contributed by atoms with Crippen LogP contribution in [0.1, 0.15) is 10.4 Å². The molecule has 5 rings (SSSR count). The molecule has 36 heavy (non-hydrogen) atoms. The number of amides is 1. The van der Waals surface area contributed by atoms with Crippen LogP contribution in [0, 0.1) is 0 Å². The lowest BCUT2D eigenvalue weighted by molar-refractivity contribution is 0.0730. The van der Waals surface area contributed by atoms with Crippen molar-refractivity contribution in [1.29, 1.82) is 0 Å². The number of carbonyl (C=O) groups is 1. The van der Waals surface area contributed by atoms with E-state index in [2.05, 4.69) is 15.4 Å². The van der Waals surface area contributed by atoms with E-state index >= 15 is 0 Å². The van der Waals surface area contributed by atoms with Gasteiger partial charge in [-0.15, -0.1) is 0 Å². The standard InChI is InChI=1S/C25H23N5O5S/c31-25(19-5-4-8-21(15-19)35-20-6-2-1-3-7-20)28-23-16-22(9-10-24(23)30-18-26-17-27-30)36(32,33)29-11-13-34-14-12-29/h1-10,15-18H,11-14H2,(H,28,31). The second kappa shape index (κ2) is 10.3. The molecule has 0 saturated carbocycles. The van der Waals surface area contributed by atoms with Crippen LogP contribution in [0.15, 0.2) is 90.3 Å². The van der Waals surface area contributed by atoms with Gasteiger partial charge in [-0.25, -0.2) is 18.1 Å². The first-order valence-electron chi connectivity index (χ1n) is 11.2. The van der Waals surface area contributed by atoms with Crippen molar-refractivity contribution >= 4 is 21.6 Å². The van der Waals surface area contributed by atoms with Crippen LogP contribution in [-0.2, 0) is 14.8 Å². The van der Waals surface area contributed by atoms with Crippen molar-refractivity contribution < 1.29 is 22.7 Å². The number of para-hydroxylation sites is 1. The van der Waals surface area contributed by atoms with Gasteiger partial charge in [0.15, 0.2) is 0 Å². The zero-order valence-corrected chi connectivity index (χ0v) is 20.0. The normalized spacial score (nSPS) is 14.3. The zero-order valence-electron chi connectivity index (χ0n) is 19.1. The minimum atomic E-state index is -3.78. The van der Waals surface area contributed by atoms with E-state index in [9.17, 15) is 13.2 Å². The molecule has 1 aliphatic heterocycles. The molecule has 11 heteroatoms. The average Bonchev–Trinajstić information content (AvgIpc) is 3.45. The van der Waals surface area contributed by atoms with Crippen molar-refractivity contribution in [3.63, 3.8) is 0 Å². The Kier molecular flexibility index (Phi) is 6.76. The Hall–Kier alpha value is -4.06. The molecular weight excluding hydrogens is 482 g/mol. The van der Waals surface area contributed by atoms with Gasteiger partial charge in [-0.1, -0.05) is 24.3 Å². The minimum Gasteiger partial charge on any atom is -0.457 e. The van der Waals surface area contributed by atoms with Gasteiger partial charge in [0.05, 0.1) is 29.5 Å². The summed E-state index contributed by atoms with van der Waals surface area (Å²) >= 11 is 0. The molecule has 3 aromatic carbocycles. The molecule has 0 bridgehead atoms. The van der Waals surface area contributed by atoms with E-state index in [0.29, 0.717) is 36.0 Å². The van der Waals surface area contributed by atoms with E-state index in [1.54, 1.807) is 30.3 Å². The predicted octanol–water partition coefficient (Wildman–Crippen LogP) is 3.33. The summed E-state index contributed by atoms with van der Waals surface area (Å²) in [5, 5.41) is 6.96. The third-order valence-corrected chi connectivity index (χ3v) is 7.46. The first-order valence-corrected chi connectivity index (χ1v) is 12.7. The van der Waals surface area contributed by atoms with Crippen LogP contribution in [0.2, 0.25) is 0 Å². The second-order valence-electron chi connectivity index (χ2n) is 7.93. The molecule has 2 heterocycles. The van der Waals surface area contributed by atoms with E-state index in [4.69, 9.17) is 9.47 Å². The Morgan fingerprint density at radius 3 is 2.47 bits per heavy atom. The van der Waals surface area contributed by atoms with E-state index in [1.807, 2.05) is 30.3 Å². The van der Waals surface area contributed by atoms with Gasteiger partial charge in [-0.3, -0.25) is 4.79 Å². The lowest BCUT2D eigenvalue weighted by Crippen LogP contribution is -2.40. The molecule has 1 amide bonds. The van der Waals surface area contributed by atoms with E-state index in [1.165, 1.54) is 33.8 Å². The maximum Gasteiger partial charge on any atom is 0.255 e. The fourth-order valence-electron chi connectivity index (χ4n) is 3.76. The zero-order chi connectivity index (χ0) is 25.0. The van der Waals surface area contributed by atoms with Crippen molar-refractivity contribution in [3.8, 4) is 17.2 Å². The number of sulfonamides is 1. The van der Waals surface area contributed by atoms with Crippen molar-refractivity contribution in [1.82, 2.24) is 19.1 Å². The summed E-state index contributed by atoms with van der Waals surface area (Å²) in [6.07, 6.45) is 2.82. The Morgan fingerprint density at radius 1 is 0.944 bits per heavy atom. The van der Waals surface area contributed by atoms with Gasteiger partial charge in [0.2, 0.25) is 10.0 Å². The summed E-state index contributed by atoms with van der Waals surface area (Å²) < 4.78 is 40.4. The van der Waals surface area contributed by atoms with Crippen molar-refractivity contribution in [2.45, 2.75) is 4.90 Å². The van der Waals surface area contributed by atoms with E-state index < -0.39 is 15.9 Å². The Morgan fingerprint density at radius 2 is 1.72 bits per heavy atom. The third kappa shape index (κ3) is 5.13. The number of hydrogen-bond donors (Lipinski definition) is 1. The maximum atomic E-state index is 13.2. The van der Waals surface area contributed by atoms with Gasteiger partial charge >= 0.3 is 0 Å². The fourth-order valence-corrected chi connectivity index (χ4v) is 5.20. The molecule has 0 spiro atoms. The molecule has 1 N–H and O–H groups in total. The summed E-state index contributed by atoms with van der Waals surface area (Å²) in [7, 11) is -3.78. The summed E-state index contributed by atoms with van der Waals surface area (Å²) in [4.78, 5) is 17.2. The third-order valence-electron chi connectivity index (χ3n) is 5.56. The highest BCUT2D eigenvalue weighted by atomic mass is 32.2. The highest BCUT2D eigenvalue weighted by molar-refractivity contribution is 7.89.